The molecule has 0 unspecified atom stereocenters. The third-order valence-electron chi connectivity index (χ3n) is 2.84. The Morgan fingerprint density at radius 2 is 1.71 bits per heavy atom. The van der Waals surface area contributed by atoms with Crippen molar-refractivity contribution < 1.29 is 12.8 Å². The Kier molecular flexibility index (Phi) is 4.58. The van der Waals surface area contributed by atoms with Gasteiger partial charge < -0.3 is 0 Å². The summed E-state index contributed by atoms with van der Waals surface area (Å²) in [6.07, 6.45) is 1.27. The molecule has 0 spiro atoms. The van der Waals surface area contributed by atoms with Crippen molar-refractivity contribution in [3.63, 3.8) is 0 Å². The fourth-order valence-electron chi connectivity index (χ4n) is 1.80. The summed E-state index contributed by atoms with van der Waals surface area (Å²) in [4.78, 5) is 0.179. The van der Waals surface area contributed by atoms with E-state index in [-0.39, 0.29) is 17.3 Å². The molecule has 0 aliphatic rings. The Morgan fingerprint density at radius 1 is 1.10 bits per heavy atom. The van der Waals surface area contributed by atoms with Crippen LogP contribution in [0.15, 0.2) is 78.0 Å². The summed E-state index contributed by atoms with van der Waals surface area (Å²) in [5, 5.41) is 0. The van der Waals surface area contributed by atoms with Crippen LogP contribution < -0.4 is 0 Å². The molecule has 108 valence electrons. The van der Waals surface area contributed by atoms with Gasteiger partial charge in [-0.3, -0.25) is 4.31 Å². The monoisotopic (exact) mass is 303 g/mol. The van der Waals surface area contributed by atoms with Crippen molar-refractivity contribution in [1.82, 2.24) is 4.31 Å². The van der Waals surface area contributed by atoms with E-state index >= 15 is 0 Å². The minimum absolute atomic E-state index is 0.0834. The van der Waals surface area contributed by atoms with Crippen molar-refractivity contribution in [2.24, 2.45) is 0 Å². The fourth-order valence-corrected chi connectivity index (χ4v) is 3.10. The summed E-state index contributed by atoms with van der Waals surface area (Å²) in [5.41, 5.74) is 3.14. The van der Waals surface area contributed by atoms with Crippen molar-refractivity contribution in [3.05, 3.63) is 84.5 Å². The first-order valence-corrected chi connectivity index (χ1v) is 7.65. The molecule has 21 heavy (non-hydrogen) atoms. The molecular formula is C16H14FNO2S. The van der Waals surface area contributed by atoms with E-state index in [9.17, 15) is 12.8 Å². The van der Waals surface area contributed by atoms with E-state index in [1.54, 1.807) is 30.3 Å². The molecule has 0 radical (unpaired) electrons. The molecule has 0 amide bonds. The van der Waals surface area contributed by atoms with E-state index in [0.717, 1.165) is 4.31 Å². The lowest BCUT2D eigenvalue weighted by atomic mass is 10.2. The highest BCUT2D eigenvalue weighted by atomic mass is 32.2. The Morgan fingerprint density at radius 3 is 2.29 bits per heavy atom. The van der Waals surface area contributed by atoms with Crippen LogP contribution in [0.5, 0.6) is 0 Å². The van der Waals surface area contributed by atoms with Crippen LogP contribution in [0.4, 0.5) is 4.39 Å². The standard InChI is InChI=1S/C16H14FNO2S/c1-2-12-18(13-14-8-10-15(17)11-9-14)21(19,20)16-6-4-3-5-7-16/h3-12H,1,13H2. The lowest BCUT2D eigenvalue weighted by Crippen LogP contribution is -2.25. The summed E-state index contributed by atoms with van der Waals surface area (Å²) in [6.45, 7) is 3.50. The second-order valence-electron chi connectivity index (χ2n) is 4.32. The maximum atomic E-state index is 12.9. The highest BCUT2D eigenvalue weighted by Crippen LogP contribution is 2.18. The molecular weight excluding hydrogens is 289 g/mol. The number of hydrogen-bond donors (Lipinski definition) is 0. The van der Waals surface area contributed by atoms with Crippen LogP contribution in [0.25, 0.3) is 0 Å². The zero-order valence-corrected chi connectivity index (χ0v) is 12.1. The quantitative estimate of drug-likeness (QED) is 0.795. The molecule has 0 bridgehead atoms. The van der Waals surface area contributed by atoms with Gasteiger partial charge in [0.2, 0.25) is 0 Å². The largest absolute Gasteiger partial charge is 0.264 e. The number of hydrogen-bond acceptors (Lipinski definition) is 2. The van der Waals surface area contributed by atoms with Crippen molar-refractivity contribution in [1.29, 1.82) is 0 Å². The van der Waals surface area contributed by atoms with Crippen LogP contribution in [-0.4, -0.2) is 12.7 Å². The maximum absolute atomic E-state index is 12.9. The van der Waals surface area contributed by atoms with Gasteiger partial charge in [-0.1, -0.05) is 36.9 Å². The number of rotatable bonds is 5. The average Bonchev–Trinajstić information content (AvgIpc) is 2.50. The first kappa shape index (κ1) is 15.0. The molecule has 0 aliphatic carbocycles. The third kappa shape index (κ3) is 3.60. The van der Waals surface area contributed by atoms with Gasteiger partial charge in [0.25, 0.3) is 10.0 Å². The summed E-state index contributed by atoms with van der Waals surface area (Å²) >= 11 is 0. The molecule has 0 heterocycles. The topological polar surface area (TPSA) is 37.4 Å². The fraction of sp³-hybridized carbons (Fsp3) is 0.0625. The molecule has 0 saturated carbocycles. The molecule has 0 fully saturated rings. The Balaban J connectivity index is 2.35. The van der Waals surface area contributed by atoms with E-state index in [1.807, 2.05) is 0 Å². The van der Waals surface area contributed by atoms with E-state index < -0.39 is 10.0 Å². The highest BCUT2D eigenvalue weighted by molar-refractivity contribution is 7.89. The molecule has 0 atom stereocenters. The van der Waals surface area contributed by atoms with Gasteiger partial charge in [0, 0.05) is 0 Å². The first-order chi connectivity index (χ1) is 10.0. The zero-order chi connectivity index (χ0) is 15.3. The molecule has 0 saturated heterocycles. The normalized spacial score (nSPS) is 10.7. The van der Waals surface area contributed by atoms with Crippen molar-refractivity contribution in [2.45, 2.75) is 11.4 Å². The van der Waals surface area contributed by atoms with Crippen molar-refractivity contribution in [2.75, 3.05) is 0 Å². The lowest BCUT2D eigenvalue weighted by Gasteiger charge is -2.19. The summed E-state index contributed by atoms with van der Waals surface area (Å²) in [6, 6.07) is 13.8. The molecule has 0 N–H and O–H groups in total. The zero-order valence-electron chi connectivity index (χ0n) is 11.2. The Hall–Kier alpha value is -2.36. The molecule has 2 aromatic carbocycles. The minimum Gasteiger partial charge on any atom is -0.261 e. The van der Waals surface area contributed by atoms with Crippen molar-refractivity contribution >= 4 is 10.0 Å². The first-order valence-electron chi connectivity index (χ1n) is 6.21. The summed E-state index contributed by atoms with van der Waals surface area (Å²) in [7, 11) is -3.69. The van der Waals surface area contributed by atoms with Gasteiger partial charge >= 0.3 is 0 Å². The van der Waals surface area contributed by atoms with E-state index in [0.29, 0.717) is 5.56 Å². The summed E-state index contributed by atoms with van der Waals surface area (Å²) in [5.74, 6) is -0.365. The Labute approximate surface area is 123 Å². The number of halogens is 1. The SMILES string of the molecule is C=C=CN(Cc1ccc(F)cc1)S(=O)(=O)c1ccccc1. The smallest absolute Gasteiger partial charge is 0.261 e. The molecule has 0 aromatic heterocycles. The van der Waals surface area contributed by atoms with E-state index in [2.05, 4.69) is 12.3 Å². The van der Waals surface area contributed by atoms with Crippen LogP contribution >= 0.6 is 0 Å². The molecule has 5 heteroatoms. The highest BCUT2D eigenvalue weighted by Gasteiger charge is 2.21. The molecule has 2 aromatic rings. The second-order valence-corrected chi connectivity index (χ2v) is 6.21. The van der Waals surface area contributed by atoms with Crippen LogP contribution in [0.3, 0.4) is 0 Å². The van der Waals surface area contributed by atoms with Gasteiger partial charge in [-0.25, -0.2) is 12.8 Å². The van der Waals surface area contributed by atoms with E-state index in [1.165, 1.54) is 30.5 Å². The average molecular weight is 303 g/mol. The number of benzene rings is 2. The van der Waals surface area contributed by atoms with Crippen molar-refractivity contribution in [3.8, 4) is 0 Å². The summed E-state index contributed by atoms with van der Waals surface area (Å²) < 4.78 is 39.1. The number of sulfonamides is 1. The minimum atomic E-state index is -3.69. The Bertz CT molecular complexity index is 749. The van der Waals surface area contributed by atoms with Crippen LogP contribution in [0.2, 0.25) is 0 Å². The predicted molar refractivity (Wildman–Crippen MR) is 79.3 cm³/mol. The number of nitrogens with zero attached hydrogens (tertiary/aromatic N) is 1. The van der Waals surface area contributed by atoms with Gasteiger partial charge in [0.05, 0.1) is 17.6 Å². The van der Waals surface area contributed by atoms with Crippen LogP contribution in [0.1, 0.15) is 5.56 Å². The molecule has 0 aliphatic heterocycles. The van der Waals surface area contributed by atoms with Gasteiger partial charge in [-0.15, -0.1) is 5.73 Å². The lowest BCUT2D eigenvalue weighted by molar-refractivity contribution is 0.495. The van der Waals surface area contributed by atoms with Crippen LogP contribution in [0, 0.1) is 5.82 Å². The third-order valence-corrected chi connectivity index (χ3v) is 4.56. The molecule has 3 nitrogen and oxygen atoms in total. The second kappa shape index (κ2) is 6.39. The van der Waals surface area contributed by atoms with E-state index in [4.69, 9.17) is 0 Å². The maximum Gasteiger partial charge on any atom is 0.264 e. The predicted octanol–water partition coefficient (Wildman–Crippen LogP) is 3.32. The van der Waals surface area contributed by atoms with Gasteiger partial charge in [0.15, 0.2) is 0 Å². The van der Waals surface area contributed by atoms with Gasteiger partial charge in [-0.2, -0.15) is 0 Å². The van der Waals surface area contributed by atoms with Crippen LogP contribution in [-0.2, 0) is 16.6 Å². The van der Waals surface area contributed by atoms with Gasteiger partial charge in [0.1, 0.15) is 5.82 Å². The molecule has 2 rings (SSSR count). The van der Waals surface area contributed by atoms with Gasteiger partial charge in [-0.05, 0) is 29.8 Å².